The lowest BCUT2D eigenvalue weighted by Crippen LogP contribution is -2.35. The molecule has 5 nitrogen and oxygen atoms in total. The third kappa shape index (κ3) is 2.46. The number of benzene rings is 2. The molecule has 0 saturated carbocycles. The Kier molecular flexibility index (Phi) is 3.73. The van der Waals surface area contributed by atoms with Crippen LogP contribution in [-0.4, -0.2) is 37.1 Å². The number of hydrogen-bond acceptors (Lipinski definition) is 5. The van der Waals surface area contributed by atoms with Gasteiger partial charge in [0.1, 0.15) is 5.52 Å². The molecule has 1 atom stereocenters. The molecule has 3 aliphatic rings. The monoisotopic (exact) mass is 387 g/mol. The highest BCUT2D eigenvalue weighted by Crippen LogP contribution is 2.47. The Balaban J connectivity index is 1.65. The molecule has 2 saturated heterocycles. The molecule has 148 valence electrons. The number of aromatic nitrogens is 1. The molecule has 1 aliphatic carbocycles. The van der Waals surface area contributed by atoms with Crippen LogP contribution in [0.1, 0.15) is 48.5 Å². The second-order valence-corrected chi connectivity index (χ2v) is 8.79. The molecular weight excluding hydrogens is 362 g/mol. The molecule has 0 N–H and O–H groups in total. The lowest BCUT2D eigenvalue weighted by atomic mass is 9.85. The van der Waals surface area contributed by atoms with Gasteiger partial charge < -0.3 is 14.3 Å². The predicted molar refractivity (Wildman–Crippen MR) is 115 cm³/mol. The number of carbonyl (C=O) groups excluding carboxylic acids is 1. The molecule has 29 heavy (non-hydrogen) atoms. The third-order valence-electron chi connectivity index (χ3n) is 6.80. The molecule has 0 amide bonds. The molecule has 0 radical (unpaired) electrons. The summed E-state index contributed by atoms with van der Waals surface area (Å²) in [5.74, 6) is 1.48. The minimum absolute atomic E-state index is 0.0995. The van der Waals surface area contributed by atoms with Gasteiger partial charge in [0.25, 0.3) is 0 Å². The van der Waals surface area contributed by atoms with E-state index < -0.39 is 0 Å². The van der Waals surface area contributed by atoms with E-state index in [0.29, 0.717) is 5.92 Å². The van der Waals surface area contributed by atoms with Crippen LogP contribution in [0.2, 0.25) is 0 Å². The summed E-state index contributed by atoms with van der Waals surface area (Å²) in [4.78, 5) is 18.5. The second-order valence-electron chi connectivity index (χ2n) is 8.79. The van der Waals surface area contributed by atoms with E-state index in [4.69, 9.17) is 4.52 Å². The lowest BCUT2D eigenvalue weighted by Gasteiger charge is -2.35. The standard InChI is InChI=1S/C24H25N3O2/c1-15-7-6-12-27(14-15)18-13-19(26-10-4-5-11-26)22-21-20(18)23(28)16-8-2-3-9-17(16)24(21)29-25-22/h2-3,8-9,13,15H,4-7,10-12,14H2,1H3. The van der Waals surface area contributed by atoms with Crippen molar-refractivity contribution >= 4 is 28.1 Å². The topological polar surface area (TPSA) is 49.6 Å². The third-order valence-corrected chi connectivity index (χ3v) is 6.80. The summed E-state index contributed by atoms with van der Waals surface area (Å²) >= 11 is 0. The Morgan fingerprint density at radius 3 is 2.55 bits per heavy atom. The number of anilines is 2. The highest BCUT2D eigenvalue weighted by atomic mass is 16.5. The number of carbonyl (C=O) groups is 1. The van der Waals surface area contributed by atoms with E-state index in [-0.39, 0.29) is 5.78 Å². The molecule has 0 bridgehead atoms. The Morgan fingerprint density at radius 2 is 1.76 bits per heavy atom. The maximum atomic E-state index is 13.7. The van der Waals surface area contributed by atoms with Gasteiger partial charge in [0, 0.05) is 37.3 Å². The number of hydrogen-bond donors (Lipinski definition) is 0. The van der Waals surface area contributed by atoms with Crippen LogP contribution in [0, 0.1) is 5.92 Å². The van der Waals surface area contributed by atoms with Gasteiger partial charge in [-0.25, -0.2) is 0 Å². The van der Waals surface area contributed by atoms with Crippen molar-refractivity contribution < 1.29 is 9.32 Å². The van der Waals surface area contributed by atoms with Crippen LogP contribution in [0.3, 0.4) is 0 Å². The second kappa shape index (κ2) is 6.34. The van der Waals surface area contributed by atoms with Gasteiger partial charge in [-0.05, 0) is 37.7 Å². The Morgan fingerprint density at radius 1 is 1.00 bits per heavy atom. The number of fused-ring (bicyclic) bond motifs is 2. The largest absolute Gasteiger partial charge is 0.371 e. The smallest absolute Gasteiger partial charge is 0.196 e. The molecule has 2 aliphatic heterocycles. The first-order valence-corrected chi connectivity index (χ1v) is 10.8. The van der Waals surface area contributed by atoms with E-state index in [1.807, 2.05) is 24.3 Å². The first kappa shape index (κ1) is 17.1. The minimum atomic E-state index is 0.0995. The number of nitrogens with zero attached hydrogens (tertiary/aromatic N) is 3. The fourth-order valence-electron chi connectivity index (χ4n) is 5.38. The first-order chi connectivity index (χ1) is 14.2. The summed E-state index contributed by atoms with van der Waals surface area (Å²) in [5.41, 5.74) is 5.40. The van der Waals surface area contributed by atoms with Crippen LogP contribution in [0.4, 0.5) is 11.4 Å². The lowest BCUT2D eigenvalue weighted by molar-refractivity contribution is 0.104. The van der Waals surface area contributed by atoms with Gasteiger partial charge in [0.05, 0.1) is 22.3 Å². The number of ketones is 1. The van der Waals surface area contributed by atoms with Crippen molar-refractivity contribution in [2.24, 2.45) is 5.92 Å². The van der Waals surface area contributed by atoms with Crippen LogP contribution in [0.15, 0.2) is 34.9 Å². The van der Waals surface area contributed by atoms with E-state index in [1.165, 1.54) is 25.7 Å². The molecule has 0 spiro atoms. The van der Waals surface area contributed by atoms with Gasteiger partial charge in [-0.3, -0.25) is 4.79 Å². The Labute approximate surface area is 170 Å². The summed E-state index contributed by atoms with van der Waals surface area (Å²) in [7, 11) is 0. The van der Waals surface area contributed by atoms with Crippen molar-refractivity contribution in [1.29, 1.82) is 0 Å². The summed E-state index contributed by atoms with van der Waals surface area (Å²) in [6, 6.07) is 9.99. The molecule has 5 heteroatoms. The SMILES string of the molecule is CC1CCCN(c2cc(N3CCCC3)c3noc4c3c2C(=O)c2ccccc2-4)C1. The van der Waals surface area contributed by atoms with Crippen LogP contribution >= 0.6 is 0 Å². The summed E-state index contributed by atoms with van der Waals surface area (Å²) in [6.45, 7) is 6.37. The van der Waals surface area contributed by atoms with Crippen molar-refractivity contribution in [2.75, 3.05) is 36.0 Å². The van der Waals surface area contributed by atoms with Crippen molar-refractivity contribution in [1.82, 2.24) is 5.16 Å². The van der Waals surface area contributed by atoms with E-state index in [9.17, 15) is 4.79 Å². The molecule has 3 aromatic rings. The average Bonchev–Trinajstić information content (AvgIpc) is 3.42. The Bertz CT molecular complexity index is 1130. The van der Waals surface area contributed by atoms with Crippen molar-refractivity contribution in [3.05, 3.63) is 41.5 Å². The summed E-state index contributed by atoms with van der Waals surface area (Å²) in [6.07, 6.45) is 4.82. The van der Waals surface area contributed by atoms with Gasteiger partial charge in [0.15, 0.2) is 11.5 Å². The van der Waals surface area contributed by atoms with Gasteiger partial charge in [-0.1, -0.05) is 36.3 Å². The van der Waals surface area contributed by atoms with Gasteiger partial charge in [-0.2, -0.15) is 0 Å². The average molecular weight is 387 g/mol. The molecule has 2 aromatic carbocycles. The molecule has 2 fully saturated rings. The van der Waals surface area contributed by atoms with E-state index in [1.54, 1.807) is 0 Å². The van der Waals surface area contributed by atoms with E-state index in [0.717, 1.165) is 70.9 Å². The van der Waals surface area contributed by atoms with Gasteiger partial charge >= 0.3 is 0 Å². The van der Waals surface area contributed by atoms with Crippen molar-refractivity contribution in [2.45, 2.75) is 32.6 Å². The van der Waals surface area contributed by atoms with Crippen LogP contribution in [-0.2, 0) is 0 Å². The quantitative estimate of drug-likeness (QED) is 0.491. The highest BCUT2D eigenvalue weighted by molar-refractivity contribution is 6.28. The normalized spacial score (nSPS) is 21.1. The van der Waals surface area contributed by atoms with Crippen molar-refractivity contribution in [3.63, 3.8) is 0 Å². The zero-order valence-corrected chi connectivity index (χ0v) is 16.8. The van der Waals surface area contributed by atoms with E-state index in [2.05, 4.69) is 27.9 Å². The molecule has 1 unspecified atom stereocenters. The van der Waals surface area contributed by atoms with Crippen LogP contribution in [0.25, 0.3) is 22.2 Å². The fraction of sp³-hybridized carbons (Fsp3) is 0.417. The molecule has 3 heterocycles. The van der Waals surface area contributed by atoms with Crippen LogP contribution < -0.4 is 9.80 Å². The van der Waals surface area contributed by atoms with Crippen molar-refractivity contribution in [3.8, 4) is 11.3 Å². The van der Waals surface area contributed by atoms with Gasteiger partial charge in [0.2, 0.25) is 0 Å². The minimum Gasteiger partial charge on any atom is -0.371 e. The molecule has 6 rings (SSSR count). The maximum Gasteiger partial charge on any atom is 0.196 e. The fourth-order valence-corrected chi connectivity index (χ4v) is 5.38. The molecular formula is C24H25N3O2. The summed E-state index contributed by atoms with van der Waals surface area (Å²) < 4.78 is 5.89. The Hall–Kier alpha value is -2.82. The van der Waals surface area contributed by atoms with E-state index >= 15 is 0 Å². The molecule has 1 aromatic heterocycles. The predicted octanol–water partition coefficient (Wildman–Crippen LogP) is 4.88. The number of rotatable bonds is 2. The summed E-state index contributed by atoms with van der Waals surface area (Å²) in [5, 5.41) is 5.39. The highest BCUT2D eigenvalue weighted by Gasteiger charge is 2.35. The number of piperidine rings is 1. The maximum absolute atomic E-state index is 13.7. The zero-order chi connectivity index (χ0) is 19.5. The zero-order valence-electron chi connectivity index (χ0n) is 16.8. The first-order valence-electron chi connectivity index (χ1n) is 10.8. The van der Waals surface area contributed by atoms with Gasteiger partial charge in [-0.15, -0.1) is 0 Å². The van der Waals surface area contributed by atoms with Crippen LogP contribution in [0.5, 0.6) is 0 Å².